The van der Waals surface area contributed by atoms with Crippen LogP contribution in [-0.2, 0) is 17.8 Å². The Morgan fingerprint density at radius 3 is 2.38 bits per heavy atom. The first-order chi connectivity index (χ1) is 12.8. The lowest BCUT2D eigenvalue weighted by Crippen LogP contribution is -2.48. The van der Waals surface area contributed by atoms with E-state index < -0.39 is 0 Å². The minimum absolute atomic E-state index is 0.255. The van der Waals surface area contributed by atoms with Gasteiger partial charge in [-0.1, -0.05) is 55.5 Å². The maximum Gasteiger partial charge on any atom is 0.224 e. The topological polar surface area (TPSA) is 35.6 Å². The van der Waals surface area contributed by atoms with Crippen LogP contribution in [0.1, 0.15) is 24.5 Å². The molecule has 0 aromatic heterocycles. The predicted molar refractivity (Wildman–Crippen MR) is 107 cm³/mol. The monoisotopic (exact) mass is 351 g/mol. The van der Waals surface area contributed by atoms with Crippen molar-refractivity contribution in [2.45, 2.75) is 26.3 Å². The van der Waals surface area contributed by atoms with Gasteiger partial charge in [0.05, 0.1) is 0 Å². The third kappa shape index (κ3) is 5.09. The summed E-state index contributed by atoms with van der Waals surface area (Å²) in [5, 5.41) is 3.42. The van der Waals surface area contributed by atoms with Gasteiger partial charge in [-0.25, -0.2) is 0 Å². The van der Waals surface area contributed by atoms with Crippen molar-refractivity contribution in [3.8, 4) is 0 Å². The van der Waals surface area contributed by atoms with Gasteiger partial charge in [0.1, 0.15) is 0 Å². The molecule has 1 N–H and O–H groups in total. The van der Waals surface area contributed by atoms with Crippen molar-refractivity contribution in [1.82, 2.24) is 9.80 Å². The van der Waals surface area contributed by atoms with Crippen LogP contribution in [0.25, 0.3) is 0 Å². The van der Waals surface area contributed by atoms with Crippen LogP contribution >= 0.6 is 0 Å². The molecule has 2 aromatic carbocycles. The molecular formula is C22H29N3O. The second-order valence-corrected chi connectivity index (χ2v) is 6.83. The van der Waals surface area contributed by atoms with Crippen LogP contribution in [0.15, 0.2) is 54.6 Å². The molecule has 0 radical (unpaired) electrons. The average Bonchev–Trinajstić information content (AvgIpc) is 2.69. The SMILES string of the molecule is CCc1ccccc1NCCC(=O)N1CCN(Cc2ccccc2)CC1. The fourth-order valence-corrected chi connectivity index (χ4v) is 3.46. The first-order valence-electron chi connectivity index (χ1n) is 9.62. The number of para-hydroxylation sites is 1. The normalized spacial score (nSPS) is 15.0. The van der Waals surface area contributed by atoms with Crippen LogP contribution < -0.4 is 5.32 Å². The summed E-state index contributed by atoms with van der Waals surface area (Å²) in [6, 6.07) is 18.9. The van der Waals surface area contributed by atoms with Crippen molar-refractivity contribution in [2.24, 2.45) is 0 Å². The third-order valence-corrected chi connectivity index (χ3v) is 5.03. The number of hydrogen-bond acceptors (Lipinski definition) is 3. The number of benzene rings is 2. The maximum absolute atomic E-state index is 12.5. The summed E-state index contributed by atoms with van der Waals surface area (Å²) in [5.41, 5.74) is 3.79. The second kappa shape index (κ2) is 9.39. The van der Waals surface area contributed by atoms with E-state index in [1.54, 1.807) is 0 Å². The number of anilines is 1. The summed E-state index contributed by atoms with van der Waals surface area (Å²) >= 11 is 0. The zero-order valence-electron chi connectivity index (χ0n) is 15.7. The van der Waals surface area contributed by atoms with E-state index in [4.69, 9.17) is 0 Å². The highest BCUT2D eigenvalue weighted by molar-refractivity contribution is 5.77. The van der Waals surface area contributed by atoms with Gasteiger partial charge < -0.3 is 10.2 Å². The average molecular weight is 351 g/mol. The van der Waals surface area contributed by atoms with Gasteiger partial charge >= 0.3 is 0 Å². The van der Waals surface area contributed by atoms with E-state index in [9.17, 15) is 4.79 Å². The van der Waals surface area contributed by atoms with Gasteiger partial charge in [0.2, 0.25) is 5.91 Å². The minimum atomic E-state index is 0.255. The van der Waals surface area contributed by atoms with Crippen molar-refractivity contribution in [3.63, 3.8) is 0 Å². The summed E-state index contributed by atoms with van der Waals surface area (Å²) in [6.07, 6.45) is 1.55. The molecule has 1 amide bonds. The van der Waals surface area contributed by atoms with Crippen molar-refractivity contribution >= 4 is 11.6 Å². The summed E-state index contributed by atoms with van der Waals surface area (Å²) in [7, 11) is 0. The van der Waals surface area contributed by atoms with Crippen molar-refractivity contribution in [2.75, 3.05) is 38.0 Å². The third-order valence-electron chi connectivity index (χ3n) is 5.03. The molecular weight excluding hydrogens is 322 g/mol. The van der Waals surface area contributed by atoms with Crippen LogP contribution in [0.4, 0.5) is 5.69 Å². The number of nitrogens with zero attached hydrogens (tertiary/aromatic N) is 2. The van der Waals surface area contributed by atoms with Crippen molar-refractivity contribution < 1.29 is 4.79 Å². The second-order valence-electron chi connectivity index (χ2n) is 6.83. The number of hydrogen-bond donors (Lipinski definition) is 1. The van der Waals surface area contributed by atoms with Gasteiger partial charge in [-0.3, -0.25) is 9.69 Å². The summed E-state index contributed by atoms with van der Waals surface area (Å²) in [6.45, 7) is 7.38. The Morgan fingerprint density at radius 2 is 1.65 bits per heavy atom. The van der Waals surface area contributed by atoms with Crippen molar-refractivity contribution in [1.29, 1.82) is 0 Å². The fourth-order valence-electron chi connectivity index (χ4n) is 3.46. The first-order valence-corrected chi connectivity index (χ1v) is 9.62. The zero-order valence-corrected chi connectivity index (χ0v) is 15.7. The molecule has 3 rings (SSSR count). The molecule has 0 atom stereocenters. The van der Waals surface area contributed by atoms with Crippen LogP contribution in [0.3, 0.4) is 0 Å². The van der Waals surface area contributed by atoms with E-state index in [1.807, 2.05) is 17.0 Å². The molecule has 0 aliphatic carbocycles. The lowest BCUT2D eigenvalue weighted by atomic mass is 10.1. The molecule has 0 bridgehead atoms. The Morgan fingerprint density at radius 1 is 0.962 bits per heavy atom. The van der Waals surface area contributed by atoms with E-state index in [2.05, 4.69) is 59.6 Å². The molecule has 2 aromatic rings. The van der Waals surface area contributed by atoms with E-state index in [-0.39, 0.29) is 5.91 Å². The minimum Gasteiger partial charge on any atom is -0.384 e. The quantitative estimate of drug-likeness (QED) is 0.830. The number of aryl methyl sites for hydroxylation is 1. The highest BCUT2D eigenvalue weighted by Gasteiger charge is 2.20. The number of carbonyl (C=O) groups excluding carboxylic acids is 1. The smallest absolute Gasteiger partial charge is 0.224 e. The van der Waals surface area contributed by atoms with E-state index >= 15 is 0 Å². The summed E-state index contributed by atoms with van der Waals surface area (Å²) in [5.74, 6) is 0.255. The fraction of sp³-hybridized carbons (Fsp3) is 0.409. The highest BCUT2D eigenvalue weighted by Crippen LogP contribution is 2.15. The Labute approximate surface area is 156 Å². The van der Waals surface area contributed by atoms with E-state index in [1.165, 1.54) is 11.1 Å². The molecule has 0 saturated carbocycles. The molecule has 1 fully saturated rings. The molecule has 26 heavy (non-hydrogen) atoms. The van der Waals surface area contributed by atoms with Gasteiger partial charge in [-0.2, -0.15) is 0 Å². The standard InChI is InChI=1S/C22H29N3O/c1-2-20-10-6-7-11-21(20)23-13-12-22(26)25-16-14-24(15-17-25)18-19-8-4-3-5-9-19/h3-11,23H,2,12-18H2,1H3. The van der Waals surface area contributed by atoms with Gasteiger partial charge in [0.25, 0.3) is 0 Å². The number of rotatable bonds is 7. The first kappa shape index (κ1) is 18.5. The summed E-state index contributed by atoms with van der Waals surface area (Å²) < 4.78 is 0. The Bertz CT molecular complexity index is 694. The summed E-state index contributed by atoms with van der Waals surface area (Å²) in [4.78, 5) is 16.9. The number of amides is 1. The predicted octanol–water partition coefficient (Wildman–Crippen LogP) is 3.40. The van der Waals surface area contributed by atoms with Crippen LogP contribution in [0, 0.1) is 0 Å². The van der Waals surface area contributed by atoms with Gasteiger partial charge in [0.15, 0.2) is 0 Å². The van der Waals surface area contributed by atoms with Crippen LogP contribution in [0.5, 0.6) is 0 Å². The number of piperazine rings is 1. The zero-order chi connectivity index (χ0) is 18.2. The molecule has 0 spiro atoms. The van der Waals surface area contributed by atoms with Crippen molar-refractivity contribution in [3.05, 3.63) is 65.7 Å². The molecule has 1 saturated heterocycles. The van der Waals surface area contributed by atoms with E-state index in [0.717, 1.165) is 44.8 Å². The van der Waals surface area contributed by atoms with Gasteiger partial charge in [-0.05, 0) is 23.6 Å². The highest BCUT2D eigenvalue weighted by atomic mass is 16.2. The molecule has 4 heteroatoms. The Hall–Kier alpha value is -2.33. The lowest BCUT2D eigenvalue weighted by Gasteiger charge is -2.34. The Balaban J connectivity index is 1.39. The molecule has 0 unspecified atom stereocenters. The van der Waals surface area contributed by atoms with E-state index in [0.29, 0.717) is 13.0 Å². The molecule has 1 heterocycles. The maximum atomic E-state index is 12.5. The van der Waals surface area contributed by atoms with Crippen LogP contribution in [-0.4, -0.2) is 48.4 Å². The molecule has 4 nitrogen and oxygen atoms in total. The van der Waals surface area contributed by atoms with Gasteiger partial charge in [-0.15, -0.1) is 0 Å². The lowest BCUT2D eigenvalue weighted by molar-refractivity contribution is -0.132. The molecule has 1 aliphatic heterocycles. The largest absolute Gasteiger partial charge is 0.384 e. The van der Waals surface area contributed by atoms with Gasteiger partial charge in [0, 0.05) is 51.4 Å². The number of nitrogens with one attached hydrogen (secondary N) is 1. The molecule has 138 valence electrons. The Kier molecular flexibility index (Phi) is 6.67. The number of carbonyl (C=O) groups is 1. The van der Waals surface area contributed by atoms with Crippen LogP contribution in [0.2, 0.25) is 0 Å². The molecule has 1 aliphatic rings.